The summed E-state index contributed by atoms with van der Waals surface area (Å²) in [5.41, 5.74) is -0.239. The zero-order chi connectivity index (χ0) is 31.7. The second-order valence-corrected chi connectivity index (χ2v) is 10.3. The van der Waals surface area contributed by atoms with Gasteiger partial charge in [0.25, 0.3) is 22.8 Å². The van der Waals surface area contributed by atoms with Crippen LogP contribution in [-0.4, -0.2) is 51.7 Å². The van der Waals surface area contributed by atoms with E-state index < -0.39 is 21.3 Å². The lowest BCUT2D eigenvalue weighted by Gasteiger charge is -2.08. The van der Waals surface area contributed by atoms with Crippen molar-refractivity contribution in [2.75, 3.05) is 0 Å². The number of aromatic nitrogens is 2. The molecule has 0 aliphatic carbocycles. The summed E-state index contributed by atoms with van der Waals surface area (Å²) in [7, 11) is 1.66. The Morgan fingerprint density at radius 2 is 1.48 bits per heavy atom. The molecule has 3 aromatic carbocycles. The minimum Gasteiger partial charge on any atom is -0.507 e. The molecule has 1 aromatic heterocycles. The number of hydrogen-bond acceptors (Lipinski definition) is 11. The fourth-order valence-corrected chi connectivity index (χ4v) is 5.12. The van der Waals surface area contributed by atoms with E-state index in [1.165, 1.54) is 10.8 Å². The Balaban J connectivity index is 1.64. The van der Waals surface area contributed by atoms with Crippen LogP contribution in [0.3, 0.4) is 0 Å². The second kappa shape index (κ2) is 11.7. The molecule has 2 heterocycles. The zero-order valence-corrected chi connectivity index (χ0v) is 23.7. The van der Waals surface area contributed by atoms with Gasteiger partial charge in [0.05, 0.1) is 32.3 Å². The standard InChI is InChI=1S/C28H21N7O8S/c1-16-25(27(39)33(31(16)2)19-6-4-3-5-7-19)30-28-32(29-15-18-13-21(35(42)43)9-11-23(18)37)26(38)24(44-28)14-17-12-20(34(40)41)8-10-22(17)36/h3-15,36-37H,1-2H3/b24-14?,29-15+,30-28?. The van der Waals surface area contributed by atoms with Crippen molar-refractivity contribution in [3.05, 3.63) is 119 Å². The summed E-state index contributed by atoms with van der Waals surface area (Å²) < 4.78 is 2.98. The maximum absolute atomic E-state index is 13.6. The van der Waals surface area contributed by atoms with Gasteiger partial charge >= 0.3 is 0 Å². The number of para-hydroxylation sites is 1. The maximum Gasteiger partial charge on any atom is 0.297 e. The Hall–Kier alpha value is -6.03. The lowest BCUT2D eigenvalue weighted by Crippen LogP contribution is -2.24. The highest BCUT2D eigenvalue weighted by Crippen LogP contribution is 2.37. The summed E-state index contributed by atoms with van der Waals surface area (Å²) in [5, 5.41) is 47.9. The summed E-state index contributed by atoms with van der Waals surface area (Å²) in [6.45, 7) is 1.66. The van der Waals surface area contributed by atoms with Crippen molar-refractivity contribution >= 4 is 52.2 Å². The molecule has 0 spiro atoms. The van der Waals surface area contributed by atoms with Crippen LogP contribution in [0.4, 0.5) is 17.1 Å². The molecule has 5 rings (SSSR count). The van der Waals surface area contributed by atoms with Gasteiger partial charge in [0, 0.05) is 42.4 Å². The van der Waals surface area contributed by atoms with Crippen molar-refractivity contribution in [3.63, 3.8) is 0 Å². The maximum atomic E-state index is 13.6. The number of aromatic hydroxyl groups is 2. The number of thioether (sulfide) groups is 1. The smallest absolute Gasteiger partial charge is 0.297 e. The lowest BCUT2D eigenvalue weighted by atomic mass is 10.1. The number of nitrogens with zero attached hydrogens (tertiary/aromatic N) is 7. The van der Waals surface area contributed by atoms with Crippen LogP contribution in [-0.2, 0) is 11.8 Å². The molecule has 1 aliphatic heterocycles. The Bertz CT molecular complexity index is 2000. The van der Waals surface area contributed by atoms with Crippen LogP contribution in [0.25, 0.3) is 11.8 Å². The first-order valence-corrected chi connectivity index (χ1v) is 13.4. The number of nitro groups is 2. The number of amides is 1. The average molecular weight is 616 g/mol. The minimum absolute atomic E-state index is 0.00973. The molecule has 16 heteroatoms. The third-order valence-electron chi connectivity index (χ3n) is 6.56. The van der Waals surface area contributed by atoms with E-state index in [2.05, 4.69) is 10.1 Å². The van der Waals surface area contributed by atoms with Crippen LogP contribution >= 0.6 is 11.8 Å². The summed E-state index contributed by atoms with van der Waals surface area (Å²) in [4.78, 5) is 52.6. The number of carbonyl (C=O) groups is 1. The Morgan fingerprint density at radius 1 is 0.886 bits per heavy atom. The van der Waals surface area contributed by atoms with Crippen LogP contribution in [0, 0.1) is 27.2 Å². The lowest BCUT2D eigenvalue weighted by molar-refractivity contribution is -0.385. The Morgan fingerprint density at radius 3 is 2.09 bits per heavy atom. The van der Waals surface area contributed by atoms with E-state index in [4.69, 9.17) is 0 Å². The quantitative estimate of drug-likeness (QED) is 0.131. The number of carbonyl (C=O) groups excluding carboxylic acids is 1. The van der Waals surface area contributed by atoms with Crippen LogP contribution in [0.15, 0.2) is 86.5 Å². The Kier molecular flexibility index (Phi) is 7.83. The molecule has 0 atom stereocenters. The highest BCUT2D eigenvalue weighted by molar-refractivity contribution is 8.18. The number of nitro benzene ring substituents is 2. The molecule has 1 amide bonds. The van der Waals surface area contributed by atoms with Crippen molar-refractivity contribution in [2.45, 2.75) is 6.92 Å². The van der Waals surface area contributed by atoms with E-state index in [1.807, 2.05) is 0 Å². The number of phenolic OH excluding ortho intramolecular Hbond substituents is 2. The fraction of sp³-hybridized carbons (Fsp3) is 0.0714. The third-order valence-corrected chi connectivity index (χ3v) is 7.52. The highest BCUT2D eigenvalue weighted by atomic mass is 32.2. The monoisotopic (exact) mass is 615 g/mol. The molecule has 2 N–H and O–H groups in total. The van der Waals surface area contributed by atoms with Crippen LogP contribution in [0.5, 0.6) is 11.5 Å². The largest absolute Gasteiger partial charge is 0.507 e. The summed E-state index contributed by atoms with van der Waals surface area (Å²) in [6.07, 6.45) is 2.23. The number of hydrazone groups is 1. The topological polar surface area (TPSA) is 199 Å². The zero-order valence-electron chi connectivity index (χ0n) is 22.9. The van der Waals surface area contributed by atoms with E-state index in [9.17, 15) is 40.0 Å². The van der Waals surface area contributed by atoms with Gasteiger partial charge < -0.3 is 10.2 Å². The van der Waals surface area contributed by atoms with Crippen molar-refractivity contribution in [3.8, 4) is 17.2 Å². The predicted octanol–water partition coefficient (Wildman–Crippen LogP) is 4.35. The molecule has 0 saturated carbocycles. The number of phenols is 2. The first-order chi connectivity index (χ1) is 21.0. The first kappa shape index (κ1) is 29.5. The minimum atomic E-state index is -0.780. The van der Waals surface area contributed by atoms with E-state index in [-0.39, 0.29) is 49.8 Å². The number of aliphatic imine (C=N–C) groups is 1. The molecule has 0 unspecified atom stereocenters. The summed E-state index contributed by atoms with van der Waals surface area (Å²) >= 11 is 0.780. The molecule has 1 aliphatic rings. The summed E-state index contributed by atoms with van der Waals surface area (Å²) in [6, 6.07) is 15.4. The van der Waals surface area contributed by atoms with Gasteiger partial charge in [0.2, 0.25) is 0 Å². The number of rotatable bonds is 7. The van der Waals surface area contributed by atoms with Crippen molar-refractivity contribution < 1.29 is 24.9 Å². The molecule has 44 heavy (non-hydrogen) atoms. The molecule has 0 bridgehead atoms. The van der Waals surface area contributed by atoms with E-state index in [0.717, 1.165) is 59.4 Å². The molecule has 1 fully saturated rings. The van der Waals surface area contributed by atoms with Gasteiger partial charge in [-0.25, -0.2) is 9.67 Å². The SMILES string of the molecule is Cc1c(N=C2SC(=Cc3cc([N+](=O)[O-])ccc3O)C(=O)N2/N=C/c2cc([N+](=O)[O-])ccc2O)c(=O)n(-c2ccccc2)n1C. The number of amidine groups is 1. The second-order valence-electron chi connectivity index (χ2n) is 9.28. The fourth-order valence-electron chi connectivity index (χ4n) is 4.21. The number of non-ortho nitro benzene ring substituents is 2. The molecule has 4 aromatic rings. The van der Waals surface area contributed by atoms with Crippen LogP contribution in [0.2, 0.25) is 0 Å². The molecule has 0 radical (unpaired) electrons. The Labute approximate surface area is 251 Å². The molecular formula is C28H21N7O8S. The molecule has 222 valence electrons. The van der Waals surface area contributed by atoms with Crippen LogP contribution < -0.4 is 5.56 Å². The number of benzene rings is 3. The van der Waals surface area contributed by atoms with Gasteiger partial charge in [-0.3, -0.25) is 34.5 Å². The third kappa shape index (κ3) is 5.56. The van der Waals surface area contributed by atoms with E-state index >= 15 is 0 Å². The van der Waals surface area contributed by atoms with Crippen LogP contribution in [0.1, 0.15) is 16.8 Å². The van der Waals surface area contributed by atoms with E-state index in [0.29, 0.717) is 11.4 Å². The van der Waals surface area contributed by atoms with Gasteiger partial charge in [-0.2, -0.15) is 10.1 Å². The normalized spacial score (nSPS) is 15.1. The van der Waals surface area contributed by atoms with Gasteiger partial charge in [0.15, 0.2) is 10.9 Å². The van der Waals surface area contributed by atoms with Gasteiger partial charge in [0.1, 0.15) is 11.5 Å². The van der Waals surface area contributed by atoms with Crippen molar-refractivity contribution in [2.24, 2.45) is 17.1 Å². The van der Waals surface area contributed by atoms with Crippen molar-refractivity contribution in [1.82, 2.24) is 14.4 Å². The average Bonchev–Trinajstić information content (AvgIpc) is 3.40. The molecular weight excluding hydrogens is 594 g/mol. The van der Waals surface area contributed by atoms with E-state index in [1.54, 1.807) is 49.0 Å². The summed E-state index contributed by atoms with van der Waals surface area (Å²) in [5.74, 6) is -1.46. The predicted molar refractivity (Wildman–Crippen MR) is 162 cm³/mol. The highest BCUT2D eigenvalue weighted by Gasteiger charge is 2.35. The van der Waals surface area contributed by atoms with Gasteiger partial charge in [-0.1, -0.05) is 18.2 Å². The first-order valence-electron chi connectivity index (χ1n) is 12.6. The van der Waals surface area contributed by atoms with Gasteiger partial charge in [-0.05, 0) is 49.0 Å². The number of hydrogen-bond donors (Lipinski definition) is 2. The molecule has 1 saturated heterocycles. The molecule has 15 nitrogen and oxygen atoms in total. The van der Waals surface area contributed by atoms with Crippen molar-refractivity contribution in [1.29, 1.82) is 0 Å². The van der Waals surface area contributed by atoms with Gasteiger partial charge in [-0.15, -0.1) is 0 Å².